The highest BCUT2D eigenvalue weighted by atomic mass is 32.2. The molecule has 0 aromatic heterocycles. The van der Waals surface area contributed by atoms with E-state index in [9.17, 15) is 13.2 Å². The number of urea groups is 1. The monoisotopic (exact) mass is 415 g/mol. The van der Waals surface area contributed by atoms with Crippen molar-refractivity contribution >= 4 is 16.1 Å². The minimum atomic E-state index is -3.39. The van der Waals surface area contributed by atoms with Gasteiger partial charge in [0, 0.05) is 26.2 Å². The van der Waals surface area contributed by atoms with Crippen LogP contribution in [-0.2, 0) is 15.8 Å². The van der Waals surface area contributed by atoms with Crippen LogP contribution < -0.4 is 5.32 Å². The summed E-state index contributed by atoms with van der Waals surface area (Å²) in [4.78, 5) is 14.4. The number of carbonyl (C=O) groups excluding carboxylic acids is 1. The number of nitrogens with one attached hydrogen (secondary N) is 1. The zero-order valence-corrected chi connectivity index (χ0v) is 18.1. The van der Waals surface area contributed by atoms with Gasteiger partial charge in [-0.1, -0.05) is 54.1 Å². The van der Waals surface area contributed by atoms with Crippen molar-refractivity contribution in [3.05, 3.63) is 70.8 Å². The standard InChI is InChI=1S/C22H29N3O3S/c1-17-9-10-18(2)21(15-17)19(3)23-22(26)24-11-13-25(14-12-24)29(27,28)16-20-7-5-4-6-8-20/h4-10,15,19H,11-14,16H2,1-3H3,(H,23,26). The molecule has 1 heterocycles. The molecule has 1 saturated heterocycles. The molecule has 29 heavy (non-hydrogen) atoms. The van der Waals surface area contributed by atoms with Gasteiger partial charge in [0.15, 0.2) is 0 Å². The molecule has 1 fully saturated rings. The molecule has 1 aliphatic heterocycles. The van der Waals surface area contributed by atoms with E-state index in [-0.39, 0.29) is 17.8 Å². The fraction of sp³-hybridized carbons (Fsp3) is 0.409. The Morgan fingerprint density at radius 3 is 2.34 bits per heavy atom. The Labute approximate surface area is 173 Å². The van der Waals surface area contributed by atoms with Crippen LogP contribution in [0.2, 0.25) is 0 Å². The fourth-order valence-corrected chi connectivity index (χ4v) is 5.14. The molecule has 7 heteroatoms. The Balaban J connectivity index is 1.56. The van der Waals surface area contributed by atoms with Crippen LogP contribution in [0.5, 0.6) is 0 Å². The molecule has 2 amide bonds. The van der Waals surface area contributed by atoms with E-state index < -0.39 is 10.0 Å². The lowest BCUT2D eigenvalue weighted by Gasteiger charge is -2.34. The van der Waals surface area contributed by atoms with E-state index in [1.165, 1.54) is 4.31 Å². The third kappa shape index (κ3) is 5.36. The molecular weight excluding hydrogens is 386 g/mol. The largest absolute Gasteiger partial charge is 0.331 e. The summed E-state index contributed by atoms with van der Waals surface area (Å²) < 4.78 is 26.8. The molecule has 1 N–H and O–H groups in total. The Kier molecular flexibility index (Phi) is 6.59. The molecule has 3 rings (SSSR count). The van der Waals surface area contributed by atoms with Crippen LogP contribution in [0.25, 0.3) is 0 Å². The summed E-state index contributed by atoms with van der Waals surface area (Å²) in [5.41, 5.74) is 4.17. The summed E-state index contributed by atoms with van der Waals surface area (Å²) in [6, 6.07) is 15.1. The van der Waals surface area contributed by atoms with Gasteiger partial charge < -0.3 is 10.2 Å². The topological polar surface area (TPSA) is 69.7 Å². The molecule has 1 unspecified atom stereocenters. The van der Waals surface area contributed by atoms with Gasteiger partial charge in [0.25, 0.3) is 0 Å². The van der Waals surface area contributed by atoms with Crippen molar-refractivity contribution < 1.29 is 13.2 Å². The average molecular weight is 416 g/mol. The highest BCUT2D eigenvalue weighted by Crippen LogP contribution is 2.20. The van der Waals surface area contributed by atoms with Crippen LogP contribution in [0.1, 0.15) is 35.2 Å². The summed E-state index contributed by atoms with van der Waals surface area (Å²) in [7, 11) is -3.39. The maximum Gasteiger partial charge on any atom is 0.317 e. The van der Waals surface area contributed by atoms with Gasteiger partial charge >= 0.3 is 6.03 Å². The summed E-state index contributed by atoms with van der Waals surface area (Å²) in [6.07, 6.45) is 0. The predicted octanol–water partition coefficient (Wildman–Crippen LogP) is 3.22. The molecule has 1 atom stereocenters. The van der Waals surface area contributed by atoms with Crippen LogP contribution >= 0.6 is 0 Å². The van der Waals surface area contributed by atoms with Crippen LogP contribution in [0.3, 0.4) is 0 Å². The number of rotatable bonds is 5. The van der Waals surface area contributed by atoms with Crippen molar-refractivity contribution in [3.63, 3.8) is 0 Å². The zero-order valence-electron chi connectivity index (χ0n) is 17.3. The fourth-order valence-electron chi connectivity index (χ4n) is 3.63. The number of aryl methyl sites for hydroxylation is 2. The maximum atomic E-state index is 12.7. The van der Waals surface area contributed by atoms with Gasteiger partial charge in [0.2, 0.25) is 10.0 Å². The molecular formula is C22H29N3O3S. The van der Waals surface area contributed by atoms with Gasteiger partial charge in [-0.25, -0.2) is 13.2 Å². The summed E-state index contributed by atoms with van der Waals surface area (Å²) >= 11 is 0. The first-order valence-corrected chi connectivity index (χ1v) is 11.5. The molecule has 0 aliphatic carbocycles. The van der Waals surface area contributed by atoms with Crippen molar-refractivity contribution in [2.75, 3.05) is 26.2 Å². The van der Waals surface area contributed by atoms with Gasteiger partial charge in [-0.2, -0.15) is 4.31 Å². The molecule has 6 nitrogen and oxygen atoms in total. The molecule has 0 radical (unpaired) electrons. The number of hydrogen-bond donors (Lipinski definition) is 1. The van der Waals surface area contributed by atoms with E-state index in [0.717, 1.165) is 22.3 Å². The lowest BCUT2D eigenvalue weighted by atomic mass is 10.0. The molecule has 0 saturated carbocycles. The van der Waals surface area contributed by atoms with Crippen molar-refractivity contribution in [1.29, 1.82) is 0 Å². The number of carbonyl (C=O) groups is 1. The van der Waals surface area contributed by atoms with Gasteiger partial charge in [-0.3, -0.25) is 0 Å². The molecule has 1 aliphatic rings. The first-order chi connectivity index (χ1) is 13.8. The summed E-state index contributed by atoms with van der Waals surface area (Å²) in [5, 5.41) is 3.05. The van der Waals surface area contributed by atoms with Crippen molar-refractivity contribution in [3.8, 4) is 0 Å². The second-order valence-corrected chi connectivity index (χ2v) is 9.63. The average Bonchev–Trinajstić information content (AvgIpc) is 2.70. The van der Waals surface area contributed by atoms with E-state index >= 15 is 0 Å². The summed E-state index contributed by atoms with van der Waals surface area (Å²) in [6.45, 7) is 7.46. The highest BCUT2D eigenvalue weighted by molar-refractivity contribution is 7.88. The number of hydrogen-bond acceptors (Lipinski definition) is 3. The van der Waals surface area contributed by atoms with Crippen molar-refractivity contribution in [1.82, 2.24) is 14.5 Å². The Morgan fingerprint density at radius 2 is 1.69 bits per heavy atom. The first kappa shape index (κ1) is 21.3. The van der Waals surface area contributed by atoms with E-state index in [4.69, 9.17) is 0 Å². The third-order valence-corrected chi connectivity index (χ3v) is 7.20. The predicted molar refractivity (Wildman–Crippen MR) is 115 cm³/mol. The van der Waals surface area contributed by atoms with Crippen molar-refractivity contribution in [2.24, 2.45) is 0 Å². The Hall–Kier alpha value is -2.38. The number of piperazine rings is 1. The van der Waals surface area contributed by atoms with E-state index in [1.54, 1.807) is 4.90 Å². The van der Waals surface area contributed by atoms with Crippen LogP contribution in [0.4, 0.5) is 4.79 Å². The molecule has 2 aromatic carbocycles. The van der Waals surface area contributed by atoms with Gasteiger partial charge in [0.1, 0.15) is 0 Å². The van der Waals surface area contributed by atoms with E-state index in [1.807, 2.05) is 51.1 Å². The maximum absolute atomic E-state index is 12.7. The lowest BCUT2D eigenvalue weighted by Crippen LogP contribution is -2.53. The zero-order chi connectivity index (χ0) is 21.0. The number of amides is 2. The third-order valence-electron chi connectivity index (χ3n) is 5.35. The van der Waals surface area contributed by atoms with Gasteiger partial charge in [0.05, 0.1) is 11.8 Å². The highest BCUT2D eigenvalue weighted by Gasteiger charge is 2.29. The molecule has 2 aromatic rings. The molecule has 156 valence electrons. The quantitative estimate of drug-likeness (QED) is 0.815. The lowest BCUT2D eigenvalue weighted by molar-refractivity contribution is 0.169. The second-order valence-electron chi connectivity index (χ2n) is 7.66. The molecule has 0 spiro atoms. The first-order valence-electron chi connectivity index (χ1n) is 9.90. The van der Waals surface area contributed by atoms with Crippen LogP contribution in [0.15, 0.2) is 48.5 Å². The Morgan fingerprint density at radius 1 is 1.03 bits per heavy atom. The second kappa shape index (κ2) is 8.97. The minimum Gasteiger partial charge on any atom is -0.331 e. The summed E-state index contributed by atoms with van der Waals surface area (Å²) in [5.74, 6) is -0.0102. The van der Waals surface area contributed by atoms with Gasteiger partial charge in [-0.15, -0.1) is 0 Å². The van der Waals surface area contributed by atoms with E-state index in [2.05, 4.69) is 23.5 Å². The van der Waals surface area contributed by atoms with Crippen LogP contribution in [0, 0.1) is 13.8 Å². The van der Waals surface area contributed by atoms with Gasteiger partial charge in [-0.05, 0) is 37.5 Å². The normalized spacial score (nSPS) is 16.4. The smallest absolute Gasteiger partial charge is 0.317 e. The van der Waals surface area contributed by atoms with Crippen molar-refractivity contribution in [2.45, 2.75) is 32.6 Å². The van der Waals surface area contributed by atoms with E-state index in [0.29, 0.717) is 26.2 Å². The van der Waals surface area contributed by atoms with Crippen LogP contribution in [-0.4, -0.2) is 49.8 Å². The number of sulfonamides is 1. The number of nitrogens with zero attached hydrogens (tertiary/aromatic N) is 2. The molecule has 0 bridgehead atoms. The Bertz CT molecular complexity index is 953. The number of benzene rings is 2. The SMILES string of the molecule is Cc1ccc(C)c(C(C)NC(=O)N2CCN(S(=O)(=O)Cc3ccccc3)CC2)c1. The minimum absolute atomic E-state index is 0.0102.